The third kappa shape index (κ3) is 3.95. The Morgan fingerprint density at radius 2 is 1.62 bits per heavy atom. The average Bonchev–Trinajstić information content (AvgIpc) is 2.45. The van der Waals surface area contributed by atoms with E-state index in [-0.39, 0.29) is 13.2 Å². The zero-order valence-electron chi connectivity index (χ0n) is 11.0. The van der Waals surface area contributed by atoms with E-state index in [1.807, 2.05) is 0 Å². The summed E-state index contributed by atoms with van der Waals surface area (Å²) in [4.78, 5) is 0. The molecule has 0 fully saturated rings. The van der Waals surface area contributed by atoms with Gasteiger partial charge in [0.15, 0.2) is 0 Å². The smallest absolute Gasteiger partial charge is 0.416 e. The van der Waals surface area contributed by atoms with Gasteiger partial charge in [-0.2, -0.15) is 13.2 Å². The molecule has 0 aliphatic heterocycles. The van der Waals surface area contributed by atoms with Gasteiger partial charge in [-0.1, -0.05) is 6.07 Å². The normalized spacial score (nSPS) is 11.5. The van der Waals surface area contributed by atoms with E-state index in [0.717, 1.165) is 12.1 Å². The molecule has 0 saturated heterocycles. The highest BCUT2D eigenvalue weighted by Crippen LogP contribution is 2.30. The Labute approximate surface area is 119 Å². The molecule has 2 N–H and O–H groups in total. The molecule has 2 aromatic carbocycles. The van der Waals surface area contributed by atoms with E-state index in [1.54, 1.807) is 6.07 Å². The third-order valence-corrected chi connectivity index (χ3v) is 2.96. The molecule has 0 amide bonds. The highest BCUT2D eigenvalue weighted by atomic mass is 19.4. The van der Waals surface area contributed by atoms with Crippen molar-refractivity contribution in [1.29, 1.82) is 0 Å². The van der Waals surface area contributed by atoms with Crippen LogP contribution in [0.25, 0.3) is 0 Å². The molecule has 0 aromatic heterocycles. The Morgan fingerprint density at radius 1 is 0.952 bits per heavy atom. The van der Waals surface area contributed by atoms with Crippen LogP contribution in [-0.2, 0) is 19.3 Å². The maximum Gasteiger partial charge on any atom is 0.416 e. The van der Waals surface area contributed by atoms with Crippen molar-refractivity contribution in [3.63, 3.8) is 0 Å². The van der Waals surface area contributed by atoms with E-state index in [4.69, 9.17) is 10.5 Å². The zero-order chi connectivity index (χ0) is 15.5. The van der Waals surface area contributed by atoms with Crippen LogP contribution in [0.5, 0.6) is 5.75 Å². The van der Waals surface area contributed by atoms with Crippen molar-refractivity contribution in [3.05, 3.63) is 65.0 Å². The van der Waals surface area contributed by atoms with Crippen LogP contribution < -0.4 is 10.5 Å². The number of nitrogens with two attached hydrogens (primary N) is 1. The number of ether oxygens (including phenoxy) is 1. The summed E-state index contributed by atoms with van der Waals surface area (Å²) in [5.74, 6) is -0.0935. The minimum atomic E-state index is -4.37. The van der Waals surface area contributed by atoms with Crippen LogP contribution in [0.2, 0.25) is 0 Å². The van der Waals surface area contributed by atoms with Gasteiger partial charge in [-0.15, -0.1) is 0 Å². The Balaban J connectivity index is 2.07. The van der Waals surface area contributed by atoms with Crippen molar-refractivity contribution < 1.29 is 22.3 Å². The van der Waals surface area contributed by atoms with Gasteiger partial charge in [0.2, 0.25) is 0 Å². The molecular formula is C15H13F4NO. The summed E-state index contributed by atoms with van der Waals surface area (Å²) in [6.07, 6.45) is -4.37. The Morgan fingerprint density at radius 3 is 2.19 bits per heavy atom. The molecule has 0 unspecified atom stereocenters. The number of halogens is 4. The molecule has 2 rings (SSSR count). The second kappa shape index (κ2) is 6.13. The van der Waals surface area contributed by atoms with Gasteiger partial charge in [0.25, 0.3) is 0 Å². The highest BCUT2D eigenvalue weighted by molar-refractivity contribution is 5.31. The number of hydrogen-bond acceptors (Lipinski definition) is 2. The minimum Gasteiger partial charge on any atom is -0.489 e. The third-order valence-electron chi connectivity index (χ3n) is 2.96. The van der Waals surface area contributed by atoms with Crippen molar-refractivity contribution in [2.24, 2.45) is 5.73 Å². The van der Waals surface area contributed by atoms with Crippen LogP contribution in [0.15, 0.2) is 42.5 Å². The Hall–Kier alpha value is -2.08. The van der Waals surface area contributed by atoms with Gasteiger partial charge in [0.1, 0.15) is 18.2 Å². The first-order chi connectivity index (χ1) is 9.90. The van der Waals surface area contributed by atoms with Crippen molar-refractivity contribution in [3.8, 4) is 5.75 Å². The Bertz CT molecular complexity index is 608. The summed E-state index contributed by atoms with van der Waals surface area (Å²) < 4.78 is 55.7. The van der Waals surface area contributed by atoms with Gasteiger partial charge in [-0.05, 0) is 47.5 Å². The van der Waals surface area contributed by atoms with E-state index in [9.17, 15) is 17.6 Å². The van der Waals surface area contributed by atoms with Crippen molar-refractivity contribution in [1.82, 2.24) is 0 Å². The summed E-state index contributed by atoms with van der Waals surface area (Å²) in [6.45, 7) is 0.266. The quantitative estimate of drug-likeness (QED) is 0.870. The lowest BCUT2D eigenvalue weighted by Gasteiger charge is -2.11. The van der Waals surface area contributed by atoms with E-state index < -0.39 is 17.6 Å². The van der Waals surface area contributed by atoms with Gasteiger partial charge >= 0.3 is 6.18 Å². The fraction of sp³-hybridized carbons (Fsp3) is 0.200. The molecule has 21 heavy (non-hydrogen) atoms. The van der Waals surface area contributed by atoms with Crippen LogP contribution >= 0.6 is 0 Å². The van der Waals surface area contributed by atoms with Crippen LogP contribution in [0.4, 0.5) is 17.6 Å². The number of hydrogen-bond donors (Lipinski definition) is 1. The molecule has 2 aromatic rings. The van der Waals surface area contributed by atoms with E-state index in [2.05, 4.69) is 0 Å². The minimum absolute atomic E-state index is 0.109. The summed E-state index contributed by atoms with van der Waals surface area (Å²) in [5, 5.41) is 0. The van der Waals surface area contributed by atoms with Gasteiger partial charge in [0.05, 0.1) is 5.56 Å². The lowest BCUT2D eigenvalue weighted by atomic mass is 10.1. The van der Waals surface area contributed by atoms with Crippen molar-refractivity contribution >= 4 is 0 Å². The SMILES string of the molecule is NCc1cc(F)ccc1COc1ccc(C(F)(F)F)cc1. The summed E-state index contributed by atoms with van der Waals surface area (Å²) >= 11 is 0. The molecule has 6 heteroatoms. The van der Waals surface area contributed by atoms with E-state index in [0.29, 0.717) is 16.9 Å². The van der Waals surface area contributed by atoms with Crippen LogP contribution in [0.1, 0.15) is 16.7 Å². The number of rotatable bonds is 4. The van der Waals surface area contributed by atoms with Gasteiger partial charge in [-0.3, -0.25) is 0 Å². The Kier molecular flexibility index (Phi) is 4.47. The first-order valence-corrected chi connectivity index (χ1v) is 6.17. The van der Waals surface area contributed by atoms with Gasteiger partial charge in [0, 0.05) is 6.54 Å². The lowest BCUT2D eigenvalue weighted by molar-refractivity contribution is -0.137. The summed E-state index contributed by atoms with van der Waals surface area (Å²) in [5.41, 5.74) is 6.06. The molecule has 0 saturated carbocycles. The molecule has 0 spiro atoms. The van der Waals surface area contributed by atoms with Gasteiger partial charge in [-0.25, -0.2) is 4.39 Å². The topological polar surface area (TPSA) is 35.2 Å². The largest absolute Gasteiger partial charge is 0.489 e. The molecule has 2 nitrogen and oxygen atoms in total. The van der Waals surface area contributed by atoms with Crippen molar-refractivity contribution in [2.45, 2.75) is 19.3 Å². The number of alkyl halides is 3. The number of benzene rings is 2. The van der Waals surface area contributed by atoms with E-state index >= 15 is 0 Å². The molecule has 0 aliphatic rings. The van der Waals surface area contributed by atoms with E-state index in [1.165, 1.54) is 24.3 Å². The highest BCUT2D eigenvalue weighted by Gasteiger charge is 2.29. The second-order valence-corrected chi connectivity index (χ2v) is 4.43. The maximum absolute atomic E-state index is 13.1. The van der Waals surface area contributed by atoms with Crippen LogP contribution in [0, 0.1) is 5.82 Å². The van der Waals surface area contributed by atoms with Crippen LogP contribution in [0.3, 0.4) is 0 Å². The van der Waals surface area contributed by atoms with Crippen molar-refractivity contribution in [2.75, 3.05) is 0 Å². The first kappa shape index (κ1) is 15.3. The molecule has 0 radical (unpaired) electrons. The molecule has 0 atom stereocenters. The fourth-order valence-electron chi connectivity index (χ4n) is 1.83. The zero-order valence-corrected chi connectivity index (χ0v) is 11.0. The molecule has 0 aliphatic carbocycles. The summed E-state index contributed by atoms with van der Waals surface area (Å²) in [6, 6.07) is 8.52. The molecule has 112 valence electrons. The predicted octanol–water partition coefficient (Wildman–Crippen LogP) is 3.88. The monoisotopic (exact) mass is 299 g/mol. The van der Waals surface area contributed by atoms with Crippen LogP contribution in [-0.4, -0.2) is 0 Å². The lowest BCUT2D eigenvalue weighted by Crippen LogP contribution is -2.06. The summed E-state index contributed by atoms with van der Waals surface area (Å²) in [7, 11) is 0. The molecule has 0 heterocycles. The maximum atomic E-state index is 13.1. The average molecular weight is 299 g/mol. The fourth-order valence-corrected chi connectivity index (χ4v) is 1.83. The van der Waals surface area contributed by atoms with Gasteiger partial charge < -0.3 is 10.5 Å². The molecule has 0 bridgehead atoms. The second-order valence-electron chi connectivity index (χ2n) is 4.43. The standard InChI is InChI=1S/C15H13F4NO/c16-13-4-1-10(11(7-13)8-20)9-21-14-5-2-12(3-6-14)15(17,18)19/h1-7H,8-9,20H2. The predicted molar refractivity (Wildman–Crippen MR) is 70.1 cm³/mol. The first-order valence-electron chi connectivity index (χ1n) is 6.17. The molecular weight excluding hydrogens is 286 g/mol.